The van der Waals surface area contributed by atoms with Crippen LogP contribution < -0.4 is 4.90 Å². The largest absolute Gasteiger partial charge is 0.416 e. The zero-order chi connectivity index (χ0) is 22.4. The van der Waals surface area contributed by atoms with E-state index in [1.165, 1.54) is 29.2 Å². The summed E-state index contributed by atoms with van der Waals surface area (Å²) in [5.74, 6) is -0.619. The predicted octanol–water partition coefficient (Wildman–Crippen LogP) is 5.29. The zero-order valence-electron chi connectivity index (χ0n) is 15.5. The Morgan fingerprint density at radius 3 is 1.97 bits per heavy atom. The minimum atomic E-state index is -4.48. The van der Waals surface area contributed by atoms with Gasteiger partial charge in [-0.05, 0) is 36.4 Å². The first-order chi connectivity index (χ1) is 14.5. The van der Waals surface area contributed by atoms with Gasteiger partial charge in [0.15, 0.2) is 0 Å². The number of alkyl halides is 6. The molecule has 1 fully saturated rings. The van der Waals surface area contributed by atoms with E-state index in [-0.39, 0.29) is 30.6 Å². The quantitative estimate of drug-likeness (QED) is 0.518. The average Bonchev–Trinajstić information content (AvgIpc) is 3.34. The van der Waals surface area contributed by atoms with Crippen LogP contribution in [0.25, 0.3) is 11.4 Å². The summed E-state index contributed by atoms with van der Waals surface area (Å²) in [5, 5.41) is 3.76. The summed E-state index contributed by atoms with van der Waals surface area (Å²) in [4.78, 5) is 17.9. The van der Waals surface area contributed by atoms with Crippen LogP contribution in [0.15, 0.2) is 53.1 Å². The molecule has 11 heteroatoms. The number of carbonyl (C=O) groups is 1. The highest BCUT2D eigenvalue weighted by molar-refractivity contribution is 5.96. The van der Waals surface area contributed by atoms with Crippen molar-refractivity contribution in [1.82, 2.24) is 10.1 Å². The molecule has 4 rings (SSSR count). The number of hydrogen-bond donors (Lipinski definition) is 0. The number of amides is 1. The molecule has 3 aromatic rings. The second-order valence-electron chi connectivity index (χ2n) is 6.98. The smallest absolute Gasteiger partial charge is 0.339 e. The fourth-order valence-corrected chi connectivity index (χ4v) is 3.28. The van der Waals surface area contributed by atoms with E-state index in [9.17, 15) is 31.1 Å². The summed E-state index contributed by atoms with van der Waals surface area (Å²) in [7, 11) is 0. The number of hydrogen-bond acceptors (Lipinski definition) is 4. The van der Waals surface area contributed by atoms with E-state index in [2.05, 4.69) is 10.1 Å². The summed E-state index contributed by atoms with van der Waals surface area (Å²) in [6.45, 7) is 0.124. The number of benzene rings is 2. The van der Waals surface area contributed by atoms with Gasteiger partial charge in [0.05, 0.1) is 17.0 Å². The number of rotatable bonds is 3. The van der Waals surface area contributed by atoms with E-state index in [1.807, 2.05) is 0 Å². The molecule has 2 aromatic carbocycles. The van der Waals surface area contributed by atoms with E-state index < -0.39 is 29.4 Å². The minimum absolute atomic E-state index is 0.00959. The summed E-state index contributed by atoms with van der Waals surface area (Å²) in [6.07, 6.45) is -8.93. The van der Waals surface area contributed by atoms with Crippen molar-refractivity contribution < 1.29 is 35.7 Å². The van der Waals surface area contributed by atoms with Gasteiger partial charge in [-0.1, -0.05) is 17.3 Å². The molecule has 162 valence electrons. The van der Waals surface area contributed by atoms with Gasteiger partial charge in [-0.15, -0.1) is 0 Å². The Hall–Kier alpha value is -3.37. The van der Waals surface area contributed by atoms with Crippen LogP contribution in [0, 0.1) is 0 Å². The van der Waals surface area contributed by atoms with Crippen LogP contribution in [-0.4, -0.2) is 22.6 Å². The van der Waals surface area contributed by atoms with Crippen LogP contribution in [0.3, 0.4) is 0 Å². The van der Waals surface area contributed by atoms with Crippen LogP contribution in [0.2, 0.25) is 0 Å². The summed E-state index contributed by atoms with van der Waals surface area (Å²) in [6, 6.07) is 8.44. The van der Waals surface area contributed by atoms with Crippen molar-refractivity contribution in [1.29, 1.82) is 0 Å². The molecule has 2 heterocycles. The highest BCUT2D eigenvalue weighted by Gasteiger charge is 2.36. The van der Waals surface area contributed by atoms with Gasteiger partial charge in [0.1, 0.15) is 0 Å². The minimum Gasteiger partial charge on any atom is -0.339 e. The van der Waals surface area contributed by atoms with Gasteiger partial charge in [-0.2, -0.15) is 31.3 Å². The number of aromatic nitrogens is 2. The van der Waals surface area contributed by atoms with Crippen molar-refractivity contribution in [2.75, 3.05) is 11.4 Å². The van der Waals surface area contributed by atoms with Gasteiger partial charge in [-0.3, -0.25) is 4.79 Å². The average molecular weight is 441 g/mol. The molecule has 5 nitrogen and oxygen atoms in total. The maximum atomic E-state index is 12.7. The molecule has 1 saturated heterocycles. The molecule has 0 aliphatic carbocycles. The lowest BCUT2D eigenvalue weighted by Gasteiger charge is -2.17. The van der Waals surface area contributed by atoms with Crippen LogP contribution in [0.5, 0.6) is 0 Å². The second kappa shape index (κ2) is 7.40. The Morgan fingerprint density at radius 1 is 0.871 bits per heavy atom. The third-order valence-corrected chi connectivity index (χ3v) is 4.89. The standard InChI is InChI=1S/C20H13F6N3O2/c21-19(22,23)13-3-1-11(2-4-13)17-27-18(31-28-17)12-9-16(30)29(10-12)15-7-5-14(6-8-15)20(24,25)26/h1-8,12H,9-10H2. The second-order valence-corrected chi connectivity index (χ2v) is 6.98. The molecule has 0 radical (unpaired) electrons. The van der Waals surface area contributed by atoms with Gasteiger partial charge in [0.25, 0.3) is 0 Å². The molecule has 1 atom stereocenters. The van der Waals surface area contributed by atoms with Gasteiger partial charge >= 0.3 is 12.4 Å². The molecular weight excluding hydrogens is 428 g/mol. The molecular formula is C20H13F6N3O2. The molecule has 31 heavy (non-hydrogen) atoms. The lowest BCUT2D eigenvalue weighted by atomic mass is 10.1. The van der Waals surface area contributed by atoms with Crippen molar-refractivity contribution >= 4 is 11.6 Å². The summed E-state index contributed by atoms with van der Waals surface area (Å²) >= 11 is 0. The van der Waals surface area contributed by atoms with Crippen molar-refractivity contribution in [2.45, 2.75) is 24.7 Å². The lowest BCUT2D eigenvalue weighted by molar-refractivity contribution is -0.138. The highest BCUT2D eigenvalue weighted by atomic mass is 19.4. The first-order valence-corrected chi connectivity index (χ1v) is 9.01. The maximum absolute atomic E-state index is 12.7. The zero-order valence-corrected chi connectivity index (χ0v) is 15.5. The Labute approximate surface area is 171 Å². The van der Waals surface area contributed by atoms with E-state index in [1.54, 1.807) is 0 Å². The number of carbonyl (C=O) groups excluding carboxylic acids is 1. The Bertz CT molecular complexity index is 1090. The summed E-state index contributed by atoms with van der Waals surface area (Å²) in [5.41, 5.74) is -1.01. The van der Waals surface area contributed by atoms with Crippen LogP contribution in [0.1, 0.15) is 29.4 Å². The van der Waals surface area contributed by atoms with Crippen molar-refractivity contribution in [2.24, 2.45) is 0 Å². The van der Waals surface area contributed by atoms with Crippen LogP contribution in [-0.2, 0) is 17.1 Å². The molecule has 1 aromatic heterocycles. The number of halogens is 6. The molecule has 1 amide bonds. The number of anilines is 1. The molecule has 0 bridgehead atoms. The van der Waals surface area contributed by atoms with Gasteiger partial charge < -0.3 is 9.42 Å². The molecule has 0 N–H and O–H groups in total. The maximum Gasteiger partial charge on any atom is 0.416 e. The third kappa shape index (κ3) is 4.25. The monoisotopic (exact) mass is 441 g/mol. The fourth-order valence-electron chi connectivity index (χ4n) is 3.28. The normalized spacial score (nSPS) is 17.4. The van der Waals surface area contributed by atoms with E-state index in [0.717, 1.165) is 24.3 Å². The SMILES string of the molecule is O=C1CC(c2nc(-c3ccc(C(F)(F)F)cc3)no2)CN1c1ccc(C(F)(F)F)cc1. The van der Waals surface area contributed by atoms with Gasteiger partial charge in [0.2, 0.25) is 17.6 Å². The molecule has 0 spiro atoms. The van der Waals surface area contributed by atoms with Crippen molar-refractivity contribution in [3.05, 3.63) is 65.5 Å². The highest BCUT2D eigenvalue weighted by Crippen LogP contribution is 2.35. The first-order valence-electron chi connectivity index (χ1n) is 9.01. The van der Waals surface area contributed by atoms with Gasteiger partial charge in [-0.25, -0.2) is 0 Å². The topological polar surface area (TPSA) is 59.2 Å². The summed E-state index contributed by atoms with van der Waals surface area (Å²) < 4.78 is 81.4. The van der Waals surface area contributed by atoms with Crippen LogP contribution in [0.4, 0.5) is 32.0 Å². The van der Waals surface area contributed by atoms with Gasteiger partial charge in [0, 0.05) is 24.2 Å². The van der Waals surface area contributed by atoms with E-state index >= 15 is 0 Å². The van der Waals surface area contributed by atoms with E-state index in [4.69, 9.17) is 4.52 Å². The fraction of sp³-hybridized carbons (Fsp3) is 0.250. The molecule has 0 saturated carbocycles. The Balaban J connectivity index is 1.49. The Kier molecular flexibility index (Phi) is 4.98. The van der Waals surface area contributed by atoms with Crippen molar-refractivity contribution in [3.63, 3.8) is 0 Å². The first kappa shape index (κ1) is 20.9. The molecule has 1 aliphatic heterocycles. The predicted molar refractivity (Wildman–Crippen MR) is 95.9 cm³/mol. The number of nitrogens with zero attached hydrogens (tertiary/aromatic N) is 3. The van der Waals surface area contributed by atoms with Crippen LogP contribution >= 0.6 is 0 Å². The van der Waals surface area contributed by atoms with E-state index in [0.29, 0.717) is 11.3 Å². The van der Waals surface area contributed by atoms with Crippen molar-refractivity contribution in [3.8, 4) is 11.4 Å². The lowest BCUT2D eigenvalue weighted by Crippen LogP contribution is -2.24. The molecule has 1 unspecified atom stereocenters. The Morgan fingerprint density at radius 2 is 1.42 bits per heavy atom. The third-order valence-electron chi connectivity index (χ3n) is 4.89. The molecule has 1 aliphatic rings.